The van der Waals surface area contributed by atoms with Crippen LogP contribution in [0, 0.1) is 17.1 Å². The molecule has 0 amide bonds. The summed E-state index contributed by atoms with van der Waals surface area (Å²) in [5.74, 6) is -0.410. The molecular formula is C13H13FN2. The van der Waals surface area contributed by atoms with Gasteiger partial charge in [0, 0.05) is 18.8 Å². The van der Waals surface area contributed by atoms with Gasteiger partial charge in [0.1, 0.15) is 5.82 Å². The Labute approximate surface area is 94.9 Å². The molecule has 0 saturated heterocycles. The van der Waals surface area contributed by atoms with Crippen LogP contribution in [0.5, 0.6) is 0 Å². The van der Waals surface area contributed by atoms with Crippen molar-refractivity contribution in [2.24, 2.45) is 0 Å². The van der Waals surface area contributed by atoms with E-state index in [9.17, 15) is 4.39 Å². The molecule has 1 rings (SSSR count). The summed E-state index contributed by atoms with van der Waals surface area (Å²) in [4.78, 5) is 1.88. The summed E-state index contributed by atoms with van der Waals surface area (Å²) in [6, 6.07) is 6.19. The largest absolute Gasteiger partial charge is 0.364 e. The Bertz CT molecular complexity index is 422. The molecule has 16 heavy (non-hydrogen) atoms. The van der Waals surface area contributed by atoms with E-state index in [1.165, 1.54) is 12.1 Å². The first-order valence-corrected chi connectivity index (χ1v) is 4.88. The first kappa shape index (κ1) is 12.0. The zero-order valence-corrected chi connectivity index (χ0v) is 8.99. The number of anilines is 1. The zero-order valence-electron chi connectivity index (χ0n) is 8.99. The van der Waals surface area contributed by atoms with Gasteiger partial charge < -0.3 is 4.90 Å². The van der Waals surface area contributed by atoms with E-state index < -0.39 is 5.82 Å². The van der Waals surface area contributed by atoms with Gasteiger partial charge in [0.15, 0.2) is 0 Å². The number of hydrogen-bond donors (Lipinski definition) is 0. The van der Waals surface area contributed by atoms with Crippen LogP contribution in [0.25, 0.3) is 0 Å². The molecule has 0 radical (unpaired) electrons. The highest BCUT2D eigenvalue weighted by Crippen LogP contribution is 2.18. The summed E-state index contributed by atoms with van der Waals surface area (Å²) in [5.41, 5.74) is 0.976. The molecule has 82 valence electrons. The second-order valence-corrected chi connectivity index (χ2v) is 3.29. The Kier molecular flexibility index (Phi) is 4.28. The molecule has 0 aliphatic rings. The highest BCUT2D eigenvalue weighted by Gasteiger charge is 2.06. The average Bonchev–Trinajstić information content (AvgIpc) is 2.28. The molecule has 0 spiro atoms. The number of rotatable bonds is 5. The standard InChI is InChI=1S/C13H13FN2/c1-3-5-16(6-4-2)13-8-11(10-15)7-12(14)9-13/h3-4,7-9H,1-2,5-6H2. The van der Waals surface area contributed by atoms with Gasteiger partial charge in [0.25, 0.3) is 0 Å². The van der Waals surface area contributed by atoms with E-state index in [2.05, 4.69) is 13.2 Å². The van der Waals surface area contributed by atoms with Crippen molar-refractivity contribution in [2.45, 2.75) is 0 Å². The Morgan fingerprint density at radius 2 is 1.88 bits per heavy atom. The molecule has 0 aliphatic carbocycles. The van der Waals surface area contributed by atoms with Crippen LogP contribution in [0.3, 0.4) is 0 Å². The molecule has 0 saturated carbocycles. The number of halogens is 1. The molecule has 0 atom stereocenters. The van der Waals surface area contributed by atoms with E-state index in [4.69, 9.17) is 5.26 Å². The molecule has 0 fully saturated rings. The molecule has 2 nitrogen and oxygen atoms in total. The maximum absolute atomic E-state index is 13.2. The average molecular weight is 216 g/mol. The highest BCUT2D eigenvalue weighted by molar-refractivity contribution is 5.52. The molecule has 0 heterocycles. The fourth-order valence-corrected chi connectivity index (χ4v) is 1.42. The second-order valence-electron chi connectivity index (χ2n) is 3.29. The van der Waals surface area contributed by atoms with Gasteiger partial charge in [0.2, 0.25) is 0 Å². The van der Waals surface area contributed by atoms with Gasteiger partial charge in [0.05, 0.1) is 11.6 Å². The van der Waals surface area contributed by atoms with Gasteiger partial charge in [-0.3, -0.25) is 0 Å². The van der Waals surface area contributed by atoms with Gasteiger partial charge in [-0.05, 0) is 18.2 Å². The van der Waals surface area contributed by atoms with E-state index in [0.717, 1.165) is 0 Å². The van der Waals surface area contributed by atoms with E-state index in [0.29, 0.717) is 24.3 Å². The summed E-state index contributed by atoms with van der Waals surface area (Å²) in [6.07, 6.45) is 3.45. The van der Waals surface area contributed by atoms with Crippen LogP contribution in [0.4, 0.5) is 10.1 Å². The molecule has 1 aromatic rings. The lowest BCUT2D eigenvalue weighted by Gasteiger charge is -2.21. The minimum absolute atomic E-state index is 0.313. The Balaban J connectivity index is 3.08. The van der Waals surface area contributed by atoms with Crippen LogP contribution >= 0.6 is 0 Å². The summed E-state index contributed by atoms with van der Waals surface area (Å²) in [6.45, 7) is 8.44. The van der Waals surface area contributed by atoms with E-state index in [1.807, 2.05) is 11.0 Å². The molecule has 0 bridgehead atoms. The van der Waals surface area contributed by atoms with Gasteiger partial charge >= 0.3 is 0 Å². The summed E-state index contributed by atoms with van der Waals surface area (Å²) >= 11 is 0. The summed E-state index contributed by atoms with van der Waals surface area (Å²) in [5, 5.41) is 8.75. The van der Waals surface area contributed by atoms with Crippen molar-refractivity contribution in [3.63, 3.8) is 0 Å². The van der Waals surface area contributed by atoms with Crippen molar-refractivity contribution in [3.05, 3.63) is 54.9 Å². The van der Waals surface area contributed by atoms with E-state index in [1.54, 1.807) is 18.2 Å². The second kappa shape index (κ2) is 5.72. The summed E-state index contributed by atoms with van der Waals surface area (Å²) < 4.78 is 13.2. The number of benzene rings is 1. The monoisotopic (exact) mass is 216 g/mol. The molecule has 0 N–H and O–H groups in total. The highest BCUT2D eigenvalue weighted by atomic mass is 19.1. The topological polar surface area (TPSA) is 27.0 Å². The Morgan fingerprint density at radius 3 is 2.38 bits per heavy atom. The SMILES string of the molecule is C=CCN(CC=C)c1cc(F)cc(C#N)c1. The van der Waals surface area contributed by atoms with Crippen LogP contribution in [0.1, 0.15) is 5.56 Å². The van der Waals surface area contributed by atoms with Crippen molar-refractivity contribution >= 4 is 5.69 Å². The molecule has 0 unspecified atom stereocenters. The van der Waals surface area contributed by atoms with Crippen LogP contribution in [0.2, 0.25) is 0 Å². The van der Waals surface area contributed by atoms with Crippen molar-refractivity contribution in [2.75, 3.05) is 18.0 Å². The molecule has 3 heteroatoms. The number of nitriles is 1. The lowest BCUT2D eigenvalue weighted by molar-refractivity contribution is 0.626. The van der Waals surface area contributed by atoms with Crippen LogP contribution in [-0.2, 0) is 0 Å². The van der Waals surface area contributed by atoms with Crippen molar-refractivity contribution in [1.82, 2.24) is 0 Å². The van der Waals surface area contributed by atoms with E-state index in [-0.39, 0.29) is 0 Å². The van der Waals surface area contributed by atoms with Crippen molar-refractivity contribution in [3.8, 4) is 6.07 Å². The lowest BCUT2D eigenvalue weighted by atomic mass is 10.2. The maximum Gasteiger partial charge on any atom is 0.126 e. The Hall–Kier alpha value is -2.08. The predicted octanol–water partition coefficient (Wildman–Crippen LogP) is 2.88. The third-order valence-electron chi connectivity index (χ3n) is 2.08. The fourth-order valence-electron chi connectivity index (χ4n) is 1.42. The zero-order chi connectivity index (χ0) is 12.0. The van der Waals surface area contributed by atoms with Crippen LogP contribution < -0.4 is 4.90 Å². The minimum atomic E-state index is -0.410. The van der Waals surface area contributed by atoms with Crippen molar-refractivity contribution in [1.29, 1.82) is 5.26 Å². The van der Waals surface area contributed by atoms with Gasteiger partial charge in [-0.25, -0.2) is 4.39 Å². The molecule has 0 aromatic heterocycles. The first-order chi connectivity index (χ1) is 7.71. The first-order valence-electron chi connectivity index (χ1n) is 4.88. The molecular weight excluding hydrogens is 203 g/mol. The normalized spacial score (nSPS) is 9.25. The smallest absolute Gasteiger partial charge is 0.126 e. The molecule has 0 aliphatic heterocycles. The lowest BCUT2D eigenvalue weighted by Crippen LogP contribution is -2.23. The third kappa shape index (κ3) is 2.96. The third-order valence-corrected chi connectivity index (χ3v) is 2.08. The number of hydrogen-bond acceptors (Lipinski definition) is 2. The quantitative estimate of drug-likeness (QED) is 0.708. The summed E-state index contributed by atoms with van der Waals surface area (Å²) in [7, 11) is 0. The van der Waals surface area contributed by atoms with Gasteiger partial charge in [-0.15, -0.1) is 13.2 Å². The van der Waals surface area contributed by atoms with Crippen LogP contribution in [0.15, 0.2) is 43.5 Å². The van der Waals surface area contributed by atoms with E-state index >= 15 is 0 Å². The fraction of sp³-hybridized carbons (Fsp3) is 0.154. The van der Waals surface area contributed by atoms with Crippen LogP contribution in [-0.4, -0.2) is 13.1 Å². The maximum atomic E-state index is 13.2. The number of nitrogens with zero attached hydrogens (tertiary/aromatic N) is 2. The van der Waals surface area contributed by atoms with Gasteiger partial charge in [-0.1, -0.05) is 12.2 Å². The minimum Gasteiger partial charge on any atom is -0.364 e. The Morgan fingerprint density at radius 1 is 1.25 bits per heavy atom. The molecule has 1 aromatic carbocycles. The predicted molar refractivity (Wildman–Crippen MR) is 63.7 cm³/mol. The van der Waals surface area contributed by atoms with Gasteiger partial charge in [-0.2, -0.15) is 5.26 Å². The van der Waals surface area contributed by atoms with Crippen molar-refractivity contribution < 1.29 is 4.39 Å².